The van der Waals surface area contributed by atoms with Crippen molar-refractivity contribution in [3.63, 3.8) is 0 Å². The molecule has 0 fully saturated rings. The summed E-state index contributed by atoms with van der Waals surface area (Å²) in [5.41, 5.74) is 3.21. The number of aryl methyl sites for hydroxylation is 1. The molecule has 0 atom stereocenters. The van der Waals surface area contributed by atoms with E-state index in [1.165, 1.54) is 56.9 Å². The van der Waals surface area contributed by atoms with Crippen molar-refractivity contribution in [2.75, 3.05) is 6.61 Å². The van der Waals surface area contributed by atoms with Gasteiger partial charge >= 0.3 is 0 Å². The van der Waals surface area contributed by atoms with Crippen LogP contribution in [0, 0.1) is 11.8 Å². The third-order valence-corrected chi connectivity index (χ3v) is 4.61. The van der Waals surface area contributed by atoms with Crippen LogP contribution in [0.4, 0.5) is 0 Å². The Labute approximate surface area is 165 Å². The molecule has 0 radical (unpaired) electrons. The third kappa shape index (κ3) is 8.78. The molecule has 0 amide bonds. The maximum atomic E-state index is 5.68. The van der Waals surface area contributed by atoms with Crippen LogP contribution in [0.2, 0.25) is 0 Å². The molecule has 1 aromatic carbocycles. The van der Waals surface area contributed by atoms with Crippen molar-refractivity contribution in [2.45, 2.75) is 71.6 Å². The highest BCUT2D eigenvalue weighted by molar-refractivity contribution is 5.41. The molecule has 0 aliphatic carbocycles. The average Bonchev–Trinajstić information content (AvgIpc) is 2.71. The van der Waals surface area contributed by atoms with Gasteiger partial charge in [0, 0.05) is 5.56 Å². The summed E-state index contributed by atoms with van der Waals surface area (Å²) < 4.78 is 5.68. The second kappa shape index (κ2) is 13.0. The molecule has 1 heterocycles. The van der Waals surface area contributed by atoms with Gasteiger partial charge in [-0.1, -0.05) is 70.4 Å². The van der Waals surface area contributed by atoms with Crippen molar-refractivity contribution in [3.8, 4) is 17.6 Å². The number of nitrogens with zero attached hydrogens (tertiary/aromatic N) is 1. The van der Waals surface area contributed by atoms with E-state index in [1.54, 1.807) is 6.20 Å². The molecule has 0 saturated heterocycles. The second-order valence-corrected chi connectivity index (χ2v) is 7.05. The summed E-state index contributed by atoms with van der Waals surface area (Å²) in [5.74, 6) is 7.15. The van der Waals surface area contributed by atoms with Gasteiger partial charge < -0.3 is 4.74 Å². The van der Waals surface area contributed by atoms with Crippen LogP contribution in [0.5, 0.6) is 5.75 Å². The maximum absolute atomic E-state index is 5.68. The summed E-state index contributed by atoms with van der Waals surface area (Å²) in [6, 6.07) is 12.5. The van der Waals surface area contributed by atoms with E-state index in [2.05, 4.69) is 54.9 Å². The number of hydrogen-bond donors (Lipinski definition) is 0. The maximum Gasteiger partial charge on any atom is 0.137 e. The normalized spacial score (nSPS) is 10.3. The first-order valence-corrected chi connectivity index (χ1v) is 10.5. The smallest absolute Gasteiger partial charge is 0.137 e. The SMILES string of the molecule is CCCCCCCc1ccc(C#Cc2ccc(OCCCCC)cn2)cc1. The molecule has 0 spiro atoms. The van der Waals surface area contributed by atoms with Gasteiger partial charge in [-0.25, -0.2) is 4.98 Å². The van der Waals surface area contributed by atoms with Crippen LogP contribution in [-0.2, 0) is 6.42 Å². The van der Waals surface area contributed by atoms with E-state index in [0.29, 0.717) is 0 Å². The molecule has 1 aromatic heterocycles. The number of aromatic nitrogens is 1. The van der Waals surface area contributed by atoms with Gasteiger partial charge in [-0.15, -0.1) is 0 Å². The molecule has 0 N–H and O–H groups in total. The molecular formula is C25H33NO. The summed E-state index contributed by atoms with van der Waals surface area (Å²) in [5, 5.41) is 0. The standard InChI is InChI=1S/C25H33NO/c1-3-5-7-8-9-11-22-12-14-23(15-13-22)16-17-24-18-19-25(21-26-24)27-20-10-6-4-2/h12-15,18-19,21H,3-11,20H2,1-2H3. The van der Waals surface area contributed by atoms with Crippen molar-refractivity contribution in [2.24, 2.45) is 0 Å². The van der Waals surface area contributed by atoms with Gasteiger partial charge in [0.05, 0.1) is 12.8 Å². The van der Waals surface area contributed by atoms with E-state index in [4.69, 9.17) is 4.74 Å². The number of ether oxygens (including phenoxy) is 1. The van der Waals surface area contributed by atoms with Crippen molar-refractivity contribution >= 4 is 0 Å². The topological polar surface area (TPSA) is 22.1 Å². The quantitative estimate of drug-likeness (QED) is 0.333. The molecule has 2 heteroatoms. The van der Waals surface area contributed by atoms with Crippen LogP contribution in [-0.4, -0.2) is 11.6 Å². The van der Waals surface area contributed by atoms with E-state index in [9.17, 15) is 0 Å². The van der Waals surface area contributed by atoms with Crippen molar-refractivity contribution in [1.82, 2.24) is 4.98 Å². The van der Waals surface area contributed by atoms with Gasteiger partial charge in [0.1, 0.15) is 11.4 Å². The van der Waals surface area contributed by atoms with Crippen LogP contribution >= 0.6 is 0 Å². The predicted molar refractivity (Wildman–Crippen MR) is 114 cm³/mol. The van der Waals surface area contributed by atoms with Crippen LogP contribution in [0.1, 0.15) is 82.0 Å². The molecule has 0 aliphatic rings. The van der Waals surface area contributed by atoms with Gasteiger partial charge in [-0.3, -0.25) is 0 Å². The Bertz CT molecular complexity index is 692. The van der Waals surface area contributed by atoms with Gasteiger partial charge in [0.2, 0.25) is 0 Å². The second-order valence-electron chi connectivity index (χ2n) is 7.05. The number of unbranched alkanes of at least 4 members (excludes halogenated alkanes) is 6. The molecule has 2 aromatic rings. The number of rotatable bonds is 11. The van der Waals surface area contributed by atoms with Gasteiger partial charge in [0.25, 0.3) is 0 Å². The highest BCUT2D eigenvalue weighted by Crippen LogP contribution is 2.11. The monoisotopic (exact) mass is 363 g/mol. The highest BCUT2D eigenvalue weighted by Gasteiger charge is 1.96. The lowest BCUT2D eigenvalue weighted by molar-refractivity contribution is 0.305. The number of hydrogen-bond acceptors (Lipinski definition) is 2. The first kappa shape index (κ1) is 21.0. The fraction of sp³-hybridized carbons (Fsp3) is 0.480. The Kier molecular flexibility index (Phi) is 10.1. The van der Waals surface area contributed by atoms with Gasteiger partial charge in [0.15, 0.2) is 0 Å². The minimum atomic E-state index is 0.755. The first-order valence-electron chi connectivity index (χ1n) is 10.5. The summed E-state index contributed by atoms with van der Waals surface area (Å²) >= 11 is 0. The Morgan fingerprint density at radius 2 is 1.52 bits per heavy atom. The summed E-state index contributed by atoms with van der Waals surface area (Å²) in [4.78, 5) is 4.38. The lowest BCUT2D eigenvalue weighted by atomic mass is 10.0. The van der Waals surface area contributed by atoms with Crippen molar-refractivity contribution in [1.29, 1.82) is 0 Å². The summed E-state index contributed by atoms with van der Waals surface area (Å²) in [6.45, 7) is 5.20. The average molecular weight is 364 g/mol. The van der Waals surface area contributed by atoms with Crippen LogP contribution in [0.3, 0.4) is 0 Å². The van der Waals surface area contributed by atoms with E-state index in [-0.39, 0.29) is 0 Å². The van der Waals surface area contributed by atoms with E-state index >= 15 is 0 Å². The number of pyridine rings is 1. The lowest BCUT2D eigenvalue weighted by Gasteiger charge is -2.04. The molecule has 2 nitrogen and oxygen atoms in total. The minimum absolute atomic E-state index is 0.755. The molecule has 0 unspecified atom stereocenters. The zero-order valence-electron chi connectivity index (χ0n) is 17.0. The summed E-state index contributed by atoms with van der Waals surface area (Å²) in [6.07, 6.45) is 13.1. The van der Waals surface area contributed by atoms with E-state index in [0.717, 1.165) is 30.0 Å². The lowest BCUT2D eigenvalue weighted by Crippen LogP contribution is -1.97. The Morgan fingerprint density at radius 1 is 0.778 bits per heavy atom. The van der Waals surface area contributed by atoms with Crippen molar-refractivity contribution in [3.05, 3.63) is 59.4 Å². The van der Waals surface area contributed by atoms with Crippen LogP contribution in [0.15, 0.2) is 42.6 Å². The van der Waals surface area contributed by atoms with Crippen molar-refractivity contribution < 1.29 is 4.74 Å². The van der Waals surface area contributed by atoms with E-state index < -0.39 is 0 Å². The van der Waals surface area contributed by atoms with Gasteiger partial charge in [-0.2, -0.15) is 0 Å². The molecular weight excluding hydrogens is 330 g/mol. The fourth-order valence-electron chi connectivity index (χ4n) is 2.91. The minimum Gasteiger partial charge on any atom is -0.492 e. The van der Waals surface area contributed by atoms with Gasteiger partial charge in [-0.05, 0) is 55.0 Å². The Balaban J connectivity index is 1.79. The molecule has 144 valence electrons. The number of benzene rings is 1. The molecule has 27 heavy (non-hydrogen) atoms. The zero-order valence-corrected chi connectivity index (χ0v) is 17.0. The van der Waals surface area contributed by atoms with Crippen LogP contribution in [0.25, 0.3) is 0 Å². The Morgan fingerprint density at radius 3 is 2.22 bits per heavy atom. The summed E-state index contributed by atoms with van der Waals surface area (Å²) in [7, 11) is 0. The Hall–Kier alpha value is -2.27. The molecule has 0 bridgehead atoms. The zero-order chi connectivity index (χ0) is 19.2. The molecule has 0 aliphatic heterocycles. The molecule has 0 saturated carbocycles. The fourth-order valence-corrected chi connectivity index (χ4v) is 2.91. The van der Waals surface area contributed by atoms with E-state index in [1.807, 2.05) is 12.1 Å². The largest absolute Gasteiger partial charge is 0.492 e. The molecule has 2 rings (SSSR count). The first-order chi connectivity index (χ1) is 13.3. The van der Waals surface area contributed by atoms with Crippen LogP contribution < -0.4 is 4.74 Å². The predicted octanol–water partition coefficient (Wildman–Crippen LogP) is 6.56. The highest BCUT2D eigenvalue weighted by atomic mass is 16.5. The third-order valence-electron chi connectivity index (χ3n) is 4.61.